The maximum absolute atomic E-state index is 12.3. The number of nitrogens with zero attached hydrogens (tertiary/aromatic N) is 2. The molecule has 0 aliphatic carbocycles. The largest absolute Gasteiger partial charge is 0.339 e. The molecule has 1 aliphatic heterocycles. The number of terminal acetylenes is 1. The first-order valence-corrected chi connectivity index (χ1v) is 9.36. The van der Waals surface area contributed by atoms with Crippen molar-refractivity contribution >= 4 is 17.5 Å². The third-order valence-corrected chi connectivity index (χ3v) is 5.22. The first-order valence-electron chi connectivity index (χ1n) is 8.98. The van der Waals surface area contributed by atoms with E-state index in [0.29, 0.717) is 6.54 Å². The Bertz CT molecular complexity index is 614. The maximum Gasteiger partial charge on any atom is 0.235 e. The van der Waals surface area contributed by atoms with Crippen molar-refractivity contribution in [3.05, 3.63) is 34.9 Å². The highest BCUT2D eigenvalue weighted by molar-refractivity contribution is 6.30. The SMILES string of the molecule is C#CC(CC)(CC)NC(=O)CN1CCN(Cc2cccc(Cl)c2)CC1. The number of rotatable bonds is 7. The van der Waals surface area contributed by atoms with E-state index in [2.05, 4.69) is 27.1 Å². The molecule has 0 aromatic heterocycles. The second-order valence-corrected chi connectivity index (χ2v) is 7.10. The van der Waals surface area contributed by atoms with E-state index in [9.17, 15) is 4.79 Å². The zero-order chi connectivity index (χ0) is 18.3. The van der Waals surface area contributed by atoms with E-state index < -0.39 is 5.54 Å². The summed E-state index contributed by atoms with van der Waals surface area (Å²) in [5, 5.41) is 3.81. The standard InChI is InChI=1S/C20H28ClN3O/c1-4-20(5-2,6-3)22-19(25)16-24-12-10-23(11-13-24)15-17-8-7-9-18(21)14-17/h1,7-9,14H,5-6,10-13,15-16H2,2-3H3,(H,22,25). The number of hydrogen-bond donors (Lipinski definition) is 1. The van der Waals surface area contributed by atoms with Gasteiger partial charge in [-0.25, -0.2) is 0 Å². The number of nitrogens with one attached hydrogen (secondary N) is 1. The van der Waals surface area contributed by atoms with Crippen LogP contribution in [0.3, 0.4) is 0 Å². The first-order chi connectivity index (χ1) is 12.0. The molecule has 5 heteroatoms. The summed E-state index contributed by atoms with van der Waals surface area (Å²) in [5.74, 6) is 2.77. The van der Waals surface area contributed by atoms with Gasteiger partial charge < -0.3 is 5.32 Å². The Kier molecular flexibility index (Phi) is 7.31. The van der Waals surface area contributed by atoms with Crippen LogP contribution in [-0.4, -0.2) is 54.0 Å². The van der Waals surface area contributed by atoms with Crippen LogP contribution < -0.4 is 5.32 Å². The lowest BCUT2D eigenvalue weighted by Gasteiger charge is -2.35. The van der Waals surface area contributed by atoms with Gasteiger partial charge in [-0.3, -0.25) is 14.6 Å². The van der Waals surface area contributed by atoms with Crippen LogP contribution in [0.2, 0.25) is 5.02 Å². The summed E-state index contributed by atoms with van der Waals surface area (Å²) >= 11 is 6.05. The molecule has 4 nitrogen and oxygen atoms in total. The fourth-order valence-electron chi connectivity index (χ4n) is 3.18. The van der Waals surface area contributed by atoms with Crippen molar-refractivity contribution in [2.45, 2.75) is 38.8 Å². The van der Waals surface area contributed by atoms with Gasteiger partial charge in [0.25, 0.3) is 0 Å². The lowest BCUT2D eigenvalue weighted by molar-refractivity contribution is -0.124. The molecule has 1 aromatic rings. The number of halogens is 1. The average molecular weight is 362 g/mol. The van der Waals surface area contributed by atoms with Gasteiger partial charge in [-0.1, -0.05) is 43.5 Å². The van der Waals surface area contributed by atoms with Gasteiger partial charge in [0.05, 0.1) is 6.54 Å². The fourth-order valence-corrected chi connectivity index (χ4v) is 3.39. The van der Waals surface area contributed by atoms with Gasteiger partial charge in [0.15, 0.2) is 0 Å². The van der Waals surface area contributed by atoms with Crippen molar-refractivity contribution in [1.29, 1.82) is 0 Å². The summed E-state index contributed by atoms with van der Waals surface area (Å²) in [6.07, 6.45) is 7.12. The molecule has 0 atom stereocenters. The van der Waals surface area contributed by atoms with Gasteiger partial charge in [0.2, 0.25) is 5.91 Å². The summed E-state index contributed by atoms with van der Waals surface area (Å²) in [7, 11) is 0. The fraction of sp³-hybridized carbons (Fsp3) is 0.550. The molecule has 1 aromatic carbocycles. The molecule has 1 N–H and O–H groups in total. The van der Waals surface area contributed by atoms with Crippen LogP contribution >= 0.6 is 11.6 Å². The molecule has 25 heavy (non-hydrogen) atoms. The van der Waals surface area contributed by atoms with Gasteiger partial charge in [-0.2, -0.15) is 0 Å². The second kappa shape index (κ2) is 9.24. The highest BCUT2D eigenvalue weighted by Gasteiger charge is 2.27. The molecule has 0 radical (unpaired) electrons. The summed E-state index contributed by atoms with van der Waals surface area (Å²) in [4.78, 5) is 16.9. The predicted octanol–water partition coefficient (Wildman–Crippen LogP) is 2.77. The second-order valence-electron chi connectivity index (χ2n) is 6.66. The molecule has 0 spiro atoms. The molecule has 0 bridgehead atoms. The summed E-state index contributed by atoms with van der Waals surface area (Å²) in [5.41, 5.74) is 0.717. The Morgan fingerprint density at radius 2 is 1.88 bits per heavy atom. The Hall–Kier alpha value is -1.54. The zero-order valence-corrected chi connectivity index (χ0v) is 16.0. The van der Waals surface area contributed by atoms with E-state index in [1.165, 1.54) is 5.56 Å². The molecule has 1 fully saturated rings. The molecular formula is C20H28ClN3O. The molecule has 136 valence electrons. The van der Waals surface area contributed by atoms with E-state index in [0.717, 1.165) is 50.6 Å². The Morgan fingerprint density at radius 1 is 1.24 bits per heavy atom. The zero-order valence-electron chi connectivity index (χ0n) is 15.2. The third-order valence-electron chi connectivity index (χ3n) is 4.99. The predicted molar refractivity (Wildman–Crippen MR) is 103 cm³/mol. The van der Waals surface area contributed by atoms with Crippen LogP contribution in [0.1, 0.15) is 32.3 Å². The number of piperazine rings is 1. The summed E-state index contributed by atoms with van der Waals surface area (Å²) in [6, 6.07) is 7.98. The van der Waals surface area contributed by atoms with Gasteiger partial charge in [-0.15, -0.1) is 6.42 Å². The lowest BCUT2D eigenvalue weighted by atomic mass is 9.94. The Labute approximate surface area is 156 Å². The van der Waals surface area contributed by atoms with E-state index in [1.807, 2.05) is 32.0 Å². The molecule has 0 unspecified atom stereocenters. The van der Waals surface area contributed by atoms with Crippen LogP contribution in [0, 0.1) is 12.3 Å². The smallest absolute Gasteiger partial charge is 0.235 e. The van der Waals surface area contributed by atoms with E-state index in [1.54, 1.807) is 0 Å². The van der Waals surface area contributed by atoms with Crippen molar-refractivity contribution in [3.63, 3.8) is 0 Å². The minimum Gasteiger partial charge on any atom is -0.339 e. The molecule has 2 rings (SSSR count). The van der Waals surface area contributed by atoms with Gasteiger partial charge >= 0.3 is 0 Å². The Morgan fingerprint density at radius 3 is 2.44 bits per heavy atom. The van der Waals surface area contributed by atoms with E-state index in [4.69, 9.17) is 18.0 Å². The number of carbonyl (C=O) groups excluding carboxylic acids is 1. The van der Waals surface area contributed by atoms with E-state index in [-0.39, 0.29) is 5.91 Å². The third kappa shape index (κ3) is 5.74. The van der Waals surface area contributed by atoms with Gasteiger partial charge in [0.1, 0.15) is 5.54 Å². The summed E-state index contributed by atoms with van der Waals surface area (Å²) < 4.78 is 0. The molecular weight excluding hydrogens is 334 g/mol. The average Bonchev–Trinajstić information content (AvgIpc) is 2.61. The number of hydrogen-bond acceptors (Lipinski definition) is 3. The van der Waals surface area contributed by atoms with Gasteiger partial charge in [-0.05, 0) is 30.5 Å². The van der Waals surface area contributed by atoms with Crippen molar-refractivity contribution in [2.75, 3.05) is 32.7 Å². The van der Waals surface area contributed by atoms with Crippen molar-refractivity contribution in [2.24, 2.45) is 0 Å². The van der Waals surface area contributed by atoms with Crippen molar-refractivity contribution < 1.29 is 4.79 Å². The Balaban J connectivity index is 1.78. The highest BCUT2D eigenvalue weighted by atomic mass is 35.5. The van der Waals surface area contributed by atoms with Crippen LogP contribution in [-0.2, 0) is 11.3 Å². The van der Waals surface area contributed by atoms with Crippen molar-refractivity contribution in [1.82, 2.24) is 15.1 Å². The number of benzene rings is 1. The summed E-state index contributed by atoms with van der Waals surface area (Å²) in [6.45, 7) is 8.99. The molecule has 1 heterocycles. The maximum atomic E-state index is 12.3. The van der Waals surface area contributed by atoms with Crippen LogP contribution in [0.5, 0.6) is 0 Å². The molecule has 0 saturated carbocycles. The normalized spacial score (nSPS) is 16.4. The lowest BCUT2D eigenvalue weighted by Crippen LogP contribution is -2.53. The van der Waals surface area contributed by atoms with E-state index >= 15 is 0 Å². The molecule has 1 saturated heterocycles. The topological polar surface area (TPSA) is 35.6 Å². The van der Waals surface area contributed by atoms with Gasteiger partial charge in [0, 0.05) is 37.7 Å². The van der Waals surface area contributed by atoms with Crippen LogP contribution in [0.15, 0.2) is 24.3 Å². The first kappa shape index (κ1) is 19.8. The van der Waals surface area contributed by atoms with Crippen molar-refractivity contribution in [3.8, 4) is 12.3 Å². The number of carbonyl (C=O) groups is 1. The minimum atomic E-state index is -0.508. The molecule has 1 amide bonds. The minimum absolute atomic E-state index is 0.0185. The number of amides is 1. The van der Waals surface area contributed by atoms with Crippen LogP contribution in [0.25, 0.3) is 0 Å². The molecule has 1 aliphatic rings. The van der Waals surface area contributed by atoms with Crippen LogP contribution in [0.4, 0.5) is 0 Å². The highest BCUT2D eigenvalue weighted by Crippen LogP contribution is 2.15. The quantitative estimate of drug-likeness (QED) is 0.758. The monoisotopic (exact) mass is 361 g/mol.